The van der Waals surface area contributed by atoms with Crippen molar-refractivity contribution in [2.45, 2.75) is 24.9 Å². The number of alkyl halides is 3. The number of amides is 2. The number of ether oxygens (including phenoxy) is 1. The second-order valence-corrected chi connectivity index (χ2v) is 5.56. The number of rotatable bonds is 3. The van der Waals surface area contributed by atoms with Crippen LogP contribution < -0.4 is 10.6 Å². The smallest absolute Gasteiger partial charge is 0.437 e. The summed E-state index contributed by atoms with van der Waals surface area (Å²) in [6.45, 7) is 1.22. The van der Waals surface area contributed by atoms with Crippen molar-refractivity contribution in [3.63, 3.8) is 0 Å². The molecule has 3 atom stereocenters. The number of carbonyl (C=O) groups is 2. The second kappa shape index (κ2) is 6.48. The first kappa shape index (κ1) is 18.3. The fourth-order valence-electron chi connectivity index (χ4n) is 2.48. The van der Waals surface area contributed by atoms with Gasteiger partial charge in [-0.25, -0.2) is 4.79 Å². The van der Waals surface area contributed by atoms with Crippen LogP contribution in [0.3, 0.4) is 0 Å². The van der Waals surface area contributed by atoms with E-state index in [0.29, 0.717) is 5.02 Å². The summed E-state index contributed by atoms with van der Waals surface area (Å²) in [5, 5.41) is 14.0. The van der Waals surface area contributed by atoms with Gasteiger partial charge in [0.05, 0.1) is 12.6 Å². The van der Waals surface area contributed by atoms with Crippen molar-refractivity contribution in [2.75, 3.05) is 6.61 Å². The molecule has 1 heterocycles. The largest absolute Gasteiger partial charge is 0.466 e. The van der Waals surface area contributed by atoms with Gasteiger partial charge in [0.15, 0.2) is 0 Å². The van der Waals surface area contributed by atoms with Crippen LogP contribution in [0.5, 0.6) is 0 Å². The van der Waals surface area contributed by atoms with E-state index in [1.54, 1.807) is 0 Å². The molecule has 24 heavy (non-hydrogen) atoms. The maximum Gasteiger partial charge on any atom is 0.437 e. The molecule has 1 fully saturated rings. The van der Waals surface area contributed by atoms with Gasteiger partial charge in [-0.2, -0.15) is 13.2 Å². The number of halogens is 4. The van der Waals surface area contributed by atoms with Crippen LogP contribution in [0.2, 0.25) is 5.02 Å². The van der Waals surface area contributed by atoms with Crippen molar-refractivity contribution in [1.29, 1.82) is 0 Å². The van der Waals surface area contributed by atoms with Crippen LogP contribution in [-0.2, 0) is 9.53 Å². The van der Waals surface area contributed by atoms with E-state index in [2.05, 4.69) is 10.1 Å². The van der Waals surface area contributed by atoms with Crippen molar-refractivity contribution in [3.05, 3.63) is 34.9 Å². The van der Waals surface area contributed by atoms with E-state index in [1.807, 2.05) is 0 Å². The maximum atomic E-state index is 13.4. The second-order valence-electron chi connectivity index (χ2n) is 5.12. The van der Waals surface area contributed by atoms with E-state index in [1.165, 1.54) is 36.5 Å². The third kappa shape index (κ3) is 3.27. The summed E-state index contributed by atoms with van der Waals surface area (Å²) in [5.74, 6) is -3.44. The lowest BCUT2D eigenvalue weighted by Gasteiger charge is -2.44. The molecule has 6 nitrogen and oxygen atoms in total. The zero-order valence-electron chi connectivity index (χ0n) is 12.4. The molecule has 0 saturated carbocycles. The van der Waals surface area contributed by atoms with E-state index < -0.39 is 35.9 Å². The Morgan fingerprint density at radius 1 is 1.38 bits per heavy atom. The number of benzene rings is 1. The van der Waals surface area contributed by atoms with Crippen LogP contribution in [-0.4, -0.2) is 35.6 Å². The molecule has 2 amide bonds. The normalized spacial score (nSPS) is 27.2. The van der Waals surface area contributed by atoms with Gasteiger partial charge in [-0.15, -0.1) is 0 Å². The van der Waals surface area contributed by atoms with Crippen LogP contribution >= 0.6 is 11.6 Å². The quantitative estimate of drug-likeness (QED) is 0.715. The van der Waals surface area contributed by atoms with Gasteiger partial charge in [-0.1, -0.05) is 23.7 Å². The third-order valence-electron chi connectivity index (χ3n) is 3.58. The number of esters is 1. The van der Waals surface area contributed by atoms with E-state index in [9.17, 15) is 27.9 Å². The van der Waals surface area contributed by atoms with Gasteiger partial charge in [0, 0.05) is 5.02 Å². The number of hydrogen-bond donors (Lipinski definition) is 3. The summed E-state index contributed by atoms with van der Waals surface area (Å²) in [6, 6.07) is 2.75. The first-order valence-electron chi connectivity index (χ1n) is 6.90. The van der Waals surface area contributed by atoms with Crippen molar-refractivity contribution < 1.29 is 32.6 Å². The Balaban J connectivity index is 2.55. The van der Waals surface area contributed by atoms with Crippen LogP contribution in [0.25, 0.3) is 0 Å². The Labute approximate surface area is 139 Å². The molecule has 132 valence electrons. The maximum absolute atomic E-state index is 13.4. The topological polar surface area (TPSA) is 87.7 Å². The Morgan fingerprint density at radius 2 is 1.96 bits per heavy atom. The summed E-state index contributed by atoms with van der Waals surface area (Å²) in [7, 11) is 0. The Morgan fingerprint density at radius 3 is 2.46 bits per heavy atom. The Bertz CT molecular complexity index is 638. The van der Waals surface area contributed by atoms with Crippen LogP contribution in [0.1, 0.15) is 18.5 Å². The molecule has 1 aliphatic heterocycles. The molecule has 0 aliphatic carbocycles. The Kier molecular flexibility index (Phi) is 4.95. The molecule has 1 aromatic carbocycles. The fraction of sp³-hybridized carbons (Fsp3) is 0.429. The molecular weight excluding hydrogens is 353 g/mol. The summed E-state index contributed by atoms with van der Waals surface area (Å²) in [5.41, 5.74) is -3.61. The van der Waals surface area contributed by atoms with Crippen molar-refractivity contribution in [1.82, 2.24) is 10.6 Å². The van der Waals surface area contributed by atoms with Crippen LogP contribution in [0.4, 0.5) is 18.0 Å². The number of carbonyl (C=O) groups excluding carboxylic acids is 2. The predicted molar refractivity (Wildman–Crippen MR) is 77.0 cm³/mol. The first-order chi connectivity index (χ1) is 11.1. The first-order valence-corrected chi connectivity index (χ1v) is 7.28. The number of aliphatic hydroxyl groups is 1. The van der Waals surface area contributed by atoms with Crippen molar-refractivity contribution in [3.8, 4) is 0 Å². The average Bonchev–Trinajstić information content (AvgIpc) is 2.46. The molecule has 0 bridgehead atoms. The van der Waals surface area contributed by atoms with Gasteiger partial charge >= 0.3 is 18.2 Å². The third-order valence-corrected chi connectivity index (χ3v) is 3.83. The van der Waals surface area contributed by atoms with Gasteiger partial charge in [0.2, 0.25) is 0 Å². The molecule has 1 aliphatic rings. The minimum atomic E-state index is -5.30. The minimum absolute atomic E-state index is 0.162. The lowest BCUT2D eigenvalue weighted by molar-refractivity contribution is -0.294. The molecule has 10 heteroatoms. The summed E-state index contributed by atoms with van der Waals surface area (Å²) < 4.78 is 44.8. The number of nitrogens with one attached hydrogen (secondary N) is 2. The zero-order chi connectivity index (χ0) is 18.1. The van der Waals surface area contributed by atoms with Gasteiger partial charge in [-0.05, 0) is 24.6 Å². The van der Waals surface area contributed by atoms with E-state index in [0.717, 1.165) is 0 Å². The number of hydrogen-bond acceptors (Lipinski definition) is 4. The predicted octanol–water partition coefficient (Wildman–Crippen LogP) is 2.12. The minimum Gasteiger partial charge on any atom is -0.466 e. The number of urea groups is 1. The highest BCUT2D eigenvalue weighted by Gasteiger charge is 2.67. The van der Waals surface area contributed by atoms with E-state index in [-0.39, 0.29) is 12.2 Å². The Hall–Kier alpha value is -2.00. The molecule has 1 saturated heterocycles. The molecule has 0 aromatic heterocycles. The highest BCUT2D eigenvalue weighted by molar-refractivity contribution is 6.30. The average molecular weight is 367 g/mol. The molecule has 3 N–H and O–H groups in total. The SMILES string of the molecule is CCOC(=O)[C@@H]1[C@H](c2ccc(Cl)cc2)NC(=O)N[C@@]1(O)C(F)(F)F. The highest BCUT2D eigenvalue weighted by Crippen LogP contribution is 2.43. The van der Waals surface area contributed by atoms with Gasteiger partial charge in [0.1, 0.15) is 5.92 Å². The van der Waals surface area contributed by atoms with E-state index >= 15 is 0 Å². The fourth-order valence-corrected chi connectivity index (χ4v) is 2.61. The summed E-state index contributed by atoms with van der Waals surface area (Å²) >= 11 is 5.74. The van der Waals surface area contributed by atoms with Crippen LogP contribution in [0.15, 0.2) is 24.3 Å². The summed E-state index contributed by atoms with van der Waals surface area (Å²) in [6.07, 6.45) is -5.30. The molecule has 0 unspecified atom stereocenters. The van der Waals surface area contributed by atoms with Gasteiger partial charge in [0.25, 0.3) is 5.72 Å². The highest BCUT2D eigenvalue weighted by atomic mass is 35.5. The molecule has 1 aromatic rings. The van der Waals surface area contributed by atoms with Crippen molar-refractivity contribution in [2.24, 2.45) is 5.92 Å². The lowest BCUT2D eigenvalue weighted by Crippen LogP contribution is -2.73. The summed E-state index contributed by atoms with van der Waals surface area (Å²) in [4.78, 5) is 23.8. The standard InChI is InChI=1S/C14H14ClF3N2O4/c1-2-24-11(21)9-10(7-3-5-8(15)6-4-7)19-12(22)20-13(9,23)14(16,17)18/h3-6,9-10,23H,2H2,1H3,(H2,19,20,22)/t9-,10-,13-/m0/s1. The van der Waals surface area contributed by atoms with Gasteiger partial charge in [-0.3, -0.25) is 4.79 Å². The van der Waals surface area contributed by atoms with Crippen molar-refractivity contribution >= 4 is 23.6 Å². The lowest BCUT2D eigenvalue weighted by atomic mass is 9.82. The molecular formula is C14H14ClF3N2O4. The van der Waals surface area contributed by atoms with Gasteiger partial charge < -0.3 is 20.5 Å². The molecule has 0 radical (unpaired) electrons. The van der Waals surface area contributed by atoms with E-state index in [4.69, 9.17) is 11.6 Å². The van der Waals surface area contributed by atoms with Crippen LogP contribution in [0, 0.1) is 5.92 Å². The molecule has 0 spiro atoms. The zero-order valence-corrected chi connectivity index (χ0v) is 13.1. The monoisotopic (exact) mass is 366 g/mol. The molecule has 2 rings (SSSR count).